The summed E-state index contributed by atoms with van der Waals surface area (Å²) < 4.78 is 0. The first kappa shape index (κ1) is 11.4. The number of carbonyl (C=O) groups is 2. The Labute approximate surface area is 94.7 Å². The second kappa shape index (κ2) is 4.07. The zero-order valence-electron chi connectivity index (χ0n) is 9.32. The minimum absolute atomic E-state index is 0.0774. The first-order chi connectivity index (χ1) is 7.59. The van der Waals surface area contributed by atoms with Crippen molar-refractivity contribution in [1.29, 1.82) is 0 Å². The molecular formula is C12H18O4. The second-order valence-corrected chi connectivity index (χ2v) is 5.11. The molecular weight excluding hydrogens is 208 g/mol. The van der Waals surface area contributed by atoms with Gasteiger partial charge in [0.1, 0.15) is 0 Å². The quantitative estimate of drug-likeness (QED) is 0.773. The summed E-state index contributed by atoms with van der Waals surface area (Å²) in [6, 6.07) is 0. The van der Waals surface area contributed by atoms with Gasteiger partial charge < -0.3 is 10.2 Å². The van der Waals surface area contributed by atoms with E-state index in [-0.39, 0.29) is 5.92 Å². The average Bonchev–Trinajstić information content (AvgIpc) is 2.16. The average molecular weight is 226 g/mol. The van der Waals surface area contributed by atoms with Gasteiger partial charge in [0.05, 0.1) is 11.3 Å². The fraction of sp³-hybridized carbons (Fsp3) is 0.833. The van der Waals surface area contributed by atoms with Crippen molar-refractivity contribution in [2.75, 3.05) is 0 Å². The zero-order chi connectivity index (χ0) is 11.8. The van der Waals surface area contributed by atoms with Crippen molar-refractivity contribution in [3.05, 3.63) is 0 Å². The molecule has 0 radical (unpaired) electrons. The molecule has 2 saturated carbocycles. The summed E-state index contributed by atoms with van der Waals surface area (Å²) >= 11 is 0. The maximum Gasteiger partial charge on any atom is 0.310 e. The molecule has 0 bridgehead atoms. The predicted octanol–water partition coefficient (Wildman–Crippen LogP) is 2.13. The van der Waals surface area contributed by atoms with Crippen LogP contribution in [0.15, 0.2) is 0 Å². The SMILES string of the molecule is O=C(O)C1CCC1(C(=O)O)C1CCCCC1. The molecule has 0 aromatic carbocycles. The molecule has 0 aromatic heterocycles. The highest BCUT2D eigenvalue weighted by molar-refractivity contribution is 5.85. The van der Waals surface area contributed by atoms with Gasteiger partial charge in [0, 0.05) is 0 Å². The highest BCUT2D eigenvalue weighted by atomic mass is 16.4. The van der Waals surface area contributed by atoms with Crippen molar-refractivity contribution in [2.45, 2.75) is 44.9 Å². The summed E-state index contributed by atoms with van der Waals surface area (Å²) in [4.78, 5) is 22.5. The summed E-state index contributed by atoms with van der Waals surface area (Å²) in [5, 5.41) is 18.5. The van der Waals surface area contributed by atoms with Crippen LogP contribution >= 0.6 is 0 Å². The van der Waals surface area contributed by atoms with Gasteiger partial charge in [-0.2, -0.15) is 0 Å². The molecule has 2 aliphatic rings. The van der Waals surface area contributed by atoms with Crippen LogP contribution in [0.4, 0.5) is 0 Å². The smallest absolute Gasteiger partial charge is 0.310 e. The molecule has 2 atom stereocenters. The second-order valence-electron chi connectivity index (χ2n) is 5.11. The van der Waals surface area contributed by atoms with E-state index < -0.39 is 23.3 Å². The topological polar surface area (TPSA) is 74.6 Å². The van der Waals surface area contributed by atoms with Crippen LogP contribution in [0.5, 0.6) is 0 Å². The van der Waals surface area contributed by atoms with Gasteiger partial charge in [-0.15, -0.1) is 0 Å². The predicted molar refractivity (Wildman–Crippen MR) is 57.0 cm³/mol. The van der Waals surface area contributed by atoms with Crippen LogP contribution in [0, 0.1) is 17.3 Å². The maximum atomic E-state index is 11.5. The summed E-state index contributed by atoms with van der Waals surface area (Å²) in [7, 11) is 0. The Kier molecular flexibility index (Phi) is 2.91. The monoisotopic (exact) mass is 226 g/mol. The third-order valence-corrected chi connectivity index (χ3v) is 4.50. The third kappa shape index (κ3) is 1.51. The Bertz CT molecular complexity index is 306. The summed E-state index contributed by atoms with van der Waals surface area (Å²) in [5.41, 5.74) is -0.952. The Morgan fingerprint density at radius 2 is 1.62 bits per heavy atom. The minimum Gasteiger partial charge on any atom is -0.481 e. The molecule has 2 N–H and O–H groups in total. The van der Waals surface area contributed by atoms with Crippen LogP contribution in [0.3, 0.4) is 0 Å². The lowest BCUT2D eigenvalue weighted by Gasteiger charge is -2.50. The molecule has 90 valence electrons. The highest BCUT2D eigenvalue weighted by Crippen LogP contribution is 2.56. The van der Waals surface area contributed by atoms with Crippen LogP contribution in [-0.2, 0) is 9.59 Å². The van der Waals surface area contributed by atoms with Crippen LogP contribution in [-0.4, -0.2) is 22.2 Å². The molecule has 4 heteroatoms. The zero-order valence-corrected chi connectivity index (χ0v) is 9.32. The molecule has 4 nitrogen and oxygen atoms in total. The molecule has 0 heterocycles. The number of carboxylic acid groups (broad SMARTS) is 2. The van der Waals surface area contributed by atoms with Crippen LogP contribution in [0.1, 0.15) is 44.9 Å². The first-order valence-corrected chi connectivity index (χ1v) is 6.05. The molecule has 0 spiro atoms. The molecule has 2 rings (SSSR count). The van der Waals surface area contributed by atoms with Gasteiger partial charge in [0.25, 0.3) is 0 Å². The van der Waals surface area contributed by atoms with Crippen molar-refractivity contribution >= 4 is 11.9 Å². The molecule has 2 unspecified atom stereocenters. The number of carboxylic acids is 2. The number of hydrogen-bond donors (Lipinski definition) is 2. The van der Waals surface area contributed by atoms with E-state index in [0.717, 1.165) is 32.1 Å². The van der Waals surface area contributed by atoms with Crippen LogP contribution < -0.4 is 0 Å². The van der Waals surface area contributed by atoms with E-state index in [4.69, 9.17) is 5.11 Å². The van der Waals surface area contributed by atoms with E-state index in [1.54, 1.807) is 0 Å². The number of rotatable bonds is 3. The molecule has 2 aliphatic carbocycles. The lowest BCUT2D eigenvalue weighted by Crippen LogP contribution is -2.55. The Balaban J connectivity index is 2.21. The molecule has 0 saturated heterocycles. The molecule has 0 amide bonds. The highest BCUT2D eigenvalue weighted by Gasteiger charge is 2.60. The summed E-state index contributed by atoms with van der Waals surface area (Å²) in [6.45, 7) is 0. The lowest BCUT2D eigenvalue weighted by atomic mass is 9.51. The third-order valence-electron chi connectivity index (χ3n) is 4.50. The van der Waals surface area contributed by atoms with E-state index in [9.17, 15) is 14.7 Å². The first-order valence-electron chi connectivity index (χ1n) is 6.05. The fourth-order valence-corrected chi connectivity index (χ4v) is 3.48. The van der Waals surface area contributed by atoms with E-state index in [1.807, 2.05) is 0 Å². The molecule has 0 aromatic rings. The Morgan fingerprint density at radius 1 is 1.00 bits per heavy atom. The summed E-state index contributed by atoms with van der Waals surface area (Å²) in [5.74, 6) is -2.40. The molecule has 0 aliphatic heterocycles. The van der Waals surface area contributed by atoms with Crippen molar-refractivity contribution in [3.63, 3.8) is 0 Å². The fourth-order valence-electron chi connectivity index (χ4n) is 3.48. The minimum atomic E-state index is -0.952. The molecule has 16 heavy (non-hydrogen) atoms. The van der Waals surface area contributed by atoms with Crippen LogP contribution in [0.2, 0.25) is 0 Å². The van der Waals surface area contributed by atoms with Gasteiger partial charge in [-0.1, -0.05) is 19.3 Å². The Hall–Kier alpha value is -1.06. The van der Waals surface area contributed by atoms with Gasteiger partial charge in [0.15, 0.2) is 0 Å². The standard InChI is InChI=1S/C12H18O4/c13-10(14)9-6-7-12(9,11(15)16)8-4-2-1-3-5-8/h8-9H,1-7H2,(H,13,14)(H,15,16). The van der Waals surface area contributed by atoms with Crippen molar-refractivity contribution < 1.29 is 19.8 Å². The van der Waals surface area contributed by atoms with Gasteiger partial charge in [0.2, 0.25) is 0 Å². The van der Waals surface area contributed by atoms with Crippen molar-refractivity contribution in [1.82, 2.24) is 0 Å². The number of aliphatic carboxylic acids is 2. The van der Waals surface area contributed by atoms with E-state index in [1.165, 1.54) is 0 Å². The van der Waals surface area contributed by atoms with E-state index in [0.29, 0.717) is 12.8 Å². The Morgan fingerprint density at radius 3 is 2.00 bits per heavy atom. The summed E-state index contributed by atoms with van der Waals surface area (Å²) in [6.07, 6.45) is 6.09. The van der Waals surface area contributed by atoms with Gasteiger partial charge in [-0.3, -0.25) is 9.59 Å². The van der Waals surface area contributed by atoms with E-state index >= 15 is 0 Å². The van der Waals surface area contributed by atoms with Crippen LogP contribution in [0.25, 0.3) is 0 Å². The van der Waals surface area contributed by atoms with E-state index in [2.05, 4.69) is 0 Å². The lowest BCUT2D eigenvalue weighted by molar-refractivity contribution is -0.182. The number of hydrogen-bond acceptors (Lipinski definition) is 2. The van der Waals surface area contributed by atoms with Crippen molar-refractivity contribution in [2.24, 2.45) is 17.3 Å². The van der Waals surface area contributed by atoms with Gasteiger partial charge in [-0.25, -0.2) is 0 Å². The largest absolute Gasteiger partial charge is 0.481 e. The maximum absolute atomic E-state index is 11.5. The normalized spacial score (nSPS) is 35.4. The van der Waals surface area contributed by atoms with Gasteiger partial charge in [-0.05, 0) is 31.6 Å². The van der Waals surface area contributed by atoms with Gasteiger partial charge >= 0.3 is 11.9 Å². The molecule has 2 fully saturated rings. The van der Waals surface area contributed by atoms with Crippen molar-refractivity contribution in [3.8, 4) is 0 Å².